The van der Waals surface area contributed by atoms with Crippen molar-refractivity contribution in [1.82, 2.24) is 0 Å². The Morgan fingerprint density at radius 2 is 1.11 bits per heavy atom. The maximum absolute atomic E-state index is 11.4. The van der Waals surface area contributed by atoms with Gasteiger partial charge in [0, 0.05) is 22.4 Å². The van der Waals surface area contributed by atoms with Crippen LogP contribution in [0.4, 0.5) is 11.4 Å². The smallest absolute Gasteiger partial charge is 0.269 e. The zero-order valence-corrected chi connectivity index (χ0v) is 11.5. The molecule has 0 unspecified atom stereocenters. The van der Waals surface area contributed by atoms with Gasteiger partial charge in [-0.3, -0.25) is 4.55 Å². The molecule has 0 saturated carbocycles. The topological polar surface area (TPSA) is 57.6 Å². The summed E-state index contributed by atoms with van der Waals surface area (Å²) < 4.78 is 33.0. The molecule has 0 spiro atoms. The minimum absolute atomic E-state index is 0. The largest absolute Gasteiger partial charge is 0.364 e. The van der Waals surface area contributed by atoms with Gasteiger partial charge in [-0.1, -0.05) is 36.4 Å². The molecule has 2 aromatic rings. The maximum atomic E-state index is 11.4. The van der Waals surface area contributed by atoms with E-state index in [0.29, 0.717) is 11.4 Å². The van der Waals surface area contributed by atoms with Gasteiger partial charge in [0.05, 0.1) is 11.4 Å². The molecule has 0 aliphatic heterocycles. The predicted octanol–water partition coefficient (Wildman–Crippen LogP) is 2.63. The van der Waals surface area contributed by atoms with Crippen molar-refractivity contribution in [2.75, 3.05) is 4.31 Å². The SMILES string of the molecule is O=S(=O)(O)N(c1ccccc1)c1ccccc1.[Ag]. The summed E-state index contributed by atoms with van der Waals surface area (Å²) in [6.45, 7) is 0. The van der Waals surface area contributed by atoms with Gasteiger partial charge in [-0.2, -0.15) is 8.42 Å². The first kappa shape index (κ1) is 14.9. The van der Waals surface area contributed by atoms with E-state index in [4.69, 9.17) is 0 Å². The molecule has 0 aromatic heterocycles. The molecule has 0 amide bonds. The quantitative estimate of drug-likeness (QED) is 0.679. The molecule has 1 radical (unpaired) electrons. The first-order chi connectivity index (χ1) is 8.09. The van der Waals surface area contributed by atoms with Crippen LogP contribution in [0.2, 0.25) is 0 Å². The van der Waals surface area contributed by atoms with Crippen molar-refractivity contribution >= 4 is 21.7 Å². The standard InChI is InChI=1S/C12H11NO3S.Ag/c14-17(15,16)13(11-7-3-1-4-8-11)12-9-5-2-6-10-12;/h1-10H,(H,14,15,16);. The van der Waals surface area contributed by atoms with E-state index in [1.165, 1.54) is 0 Å². The Morgan fingerprint density at radius 3 is 1.39 bits per heavy atom. The van der Waals surface area contributed by atoms with E-state index in [1.807, 2.05) is 0 Å². The zero-order valence-electron chi connectivity index (χ0n) is 9.19. The zero-order chi connectivity index (χ0) is 12.3. The molecule has 99 valence electrons. The third-order valence-corrected chi connectivity index (χ3v) is 3.10. The molecule has 4 nitrogen and oxygen atoms in total. The van der Waals surface area contributed by atoms with E-state index in [1.54, 1.807) is 60.7 Å². The van der Waals surface area contributed by atoms with Gasteiger partial charge in [-0.25, -0.2) is 4.31 Å². The van der Waals surface area contributed by atoms with Crippen molar-refractivity contribution in [3.8, 4) is 0 Å². The average Bonchev–Trinajstić information content (AvgIpc) is 2.30. The summed E-state index contributed by atoms with van der Waals surface area (Å²) in [4.78, 5) is 0. The number of benzene rings is 2. The van der Waals surface area contributed by atoms with E-state index in [-0.39, 0.29) is 22.4 Å². The Hall–Kier alpha value is -1.11. The van der Waals surface area contributed by atoms with Gasteiger partial charge in [0.1, 0.15) is 0 Å². The van der Waals surface area contributed by atoms with Gasteiger partial charge in [0.25, 0.3) is 0 Å². The monoisotopic (exact) mass is 356 g/mol. The maximum Gasteiger partial charge on any atom is 0.364 e. The molecule has 18 heavy (non-hydrogen) atoms. The fourth-order valence-corrected chi connectivity index (χ4v) is 2.32. The predicted molar refractivity (Wildman–Crippen MR) is 66.6 cm³/mol. The molecule has 0 aliphatic carbocycles. The van der Waals surface area contributed by atoms with Crippen molar-refractivity contribution in [3.63, 3.8) is 0 Å². The Bertz CT molecular complexity index is 548. The summed E-state index contributed by atoms with van der Waals surface area (Å²) in [6, 6.07) is 16.8. The minimum atomic E-state index is -4.34. The third-order valence-electron chi connectivity index (χ3n) is 2.21. The van der Waals surface area contributed by atoms with Gasteiger partial charge in [-0.05, 0) is 24.3 Å². The van der Waals surface area contributed by atoms with Crippen LogP contribution >= 0.6 is 0 Å². The summed E-state index contributed by atoms with van der Waals surface area (Å²) in [5, 5.41) is 0. The number of anilines is 2. The fraction of sp³-hybridized carbons (Fsp3) is 0. The van der Waals surface area contributed by atoms with E-state index < -0.39 is 10.3 Å². The van der Waals surface area contributed by atoms with Crippen molar-refractivity contribution in [1.29, 1.82) is 0 Å². The summed E-state index contributed by atoms with van der Waals surface area (Å²) in [5.41, 5.74) is 0.780. The van der Waals surface area contributed by atoms with Crippen LogP contribution in [0.15, 0.2) is 60.7 Å². The molecule has 0 heterocycles. The van der Waals surface area contributed by atoms with Gasteiger partial charge >= 0.3 is 10.3 Å². The second kappa shape index (κ2) is 6.17. The van der Waals surface area contributed by atoms with Crippen molar-refractivity contribution in [3.05, 3.63) is 60.7 Å². The van der Waals surface area contributed by atoms with E-state index in [9.17, 15) is 13.0 Å². The summed E-state index contributed by atoms with van der Waals surface area (Å²) >= 11 is 0. The first-order valence-electron chi connectivity index (χ1n) is 4.97. The molecular weight excluding hydrogens is 346 g/mol. The third kappa shape index (κ3) is 3.44. The number of nitrogens with zero attached hydrogens (tertiary/aromatic N) is 1. The summed E-state index contributed by atoms with van der Waals surface area (Å²) in [7, 11) is -4.34. The van der Waals surface area contributed by atoms with Gasteiger partial charge in [0.2, 0.25) is 0 Å². The molecule has 0 aliphatic rings. The van der Waals surface area contributed by atoms with E-state index in [0.717, 1.165) is 4.31 Å². The van der Waals surface area contributed by atoms with Crippen LogP contribution in [-0.4, -0.2) is 13.0 Å². The Labute approximate surface area is 122 Å². The Morgan fingerprint density at radius 1 is 0.778 bits per heavy atom. The number of hydrogen-bond donors (Lipinski definition) is 1. The molecule has 0 bridgehead atoms. The molecule has 6 heteroatoms. The molecular formula is C12H11AgNO3S. The number of para-hydroxylation sites is 2. The van der Waals surface area contributed by atoms with E-state index in [2.05, 4.69) is 0 Å². The summed E-state index contributed by atoms with van der Waals surface area (Å²) in [6.07, 6.45) is 0. The molecule has 0 fully saturated rings. The average molecular weight is 357 g/mol. The number of hydrogen-bond acceptors (Lipinski definition) is 2. The van der Waals surface area contributed by atoms with Crippen molar-refractivity contribution < 1.29 is 35.4 Å². The number of rotatable bonds is 3. The van der Waals surface area contributed by atoms with Crippen LogP contribution in [0.1, 0.15) is 0 Å². The molecule has 2 aromatic carbocycles. The van der Waals surface area contributed by atoms with Crippen LogP contribution in [-0.2, 0) is 32.7 Å². The molecule has 0 atom stereocenters. The van der Waals surface area contributed by atoms with Crippen LogP contribution in [0, 0.1) is 0 Å². The van der Waals surface area contributed by atoms with Crippen molar-refractivity contribution in [2.24, 2.45) is 0 Å². The van der Waals surface area contributed by atoms with Gasteiger partial charge in [0.15, 0.2) is 0 Å². The van der Waals surface area contributed by atoms with Crippen LogP contribution in [0.25, 0.3) is 0 Å². The summed E-state index contributed by atoms with van der Waals surface area (Å²) in [5.74, 6) is 0. The normalized spacial score (nSPS) is 10.5. The fourth-order valence-electron chi connectivity index (χ4n) is 1.54. The molecule has 0 saturated heterocycles. The van der Waals surface area contributed by atoms with Crippen LogP contribution in [0.3, 0.4) is 0 Å². The Balaban J connectivity index is 0.00000162. The molecule has 1 N–H and O–H groups in total. The van der Waals surface area contributed by atoms with Gasteiger partial charge in [-0.15, -0.1) is 0 Å². The van der Waals surface area contributed by atoms with E-state index >= 15 is 0 Å². The van der Waals surface area contributed by atoms with Crippen molar-refractivity contribution in [2.45, 2.75) is 0 Å². The van der Waals surface area contributed by atoms with Crippen LogP contribution < -0.4 is 4.31 Å². The van der Waals surface area contributed by atoms with Crippen LogP contribution in [0.5, 0.6) is 0 Å². The minimum Gasteiger partial charge on any atom is -0.269 e. The first-order valence-corrected chi connectivity index (χ1v) is 6.36. The molecule has 2 rings (SSSR count). The Kier molecular flexibility index (Phi) is 5.13. The van der Waals surface area contributed by atoms with Gasteiger partial charge < -0.3 is 0 Å². The second-order valence-corrected chi connectivity index (χ2v) is 4.67. The second-order valence-electron chi connectivity index (χ2n) is 3.41.